The van der Waals surface area contributed by atoms with Crippen LogP contribution in [0.3, 0.4) is 0 Å². The maximum absolute atomic E-state index is 11.0. The SMILES string of the molecule is CCCc1nc(C2CCCCO2)oc1C(=O)O. The fourth-order valence-corrected chi connectivity index (χ4v) is 2.02. The Morgan fingerprint density at radius 3 is 2.94 bits per heavy atom. The molecule has 1 atom stereocenters. The maximum atomic E-state index is 11.0. The molecule has 2 heterocycles. The number of hydrogen-bond donors (Lipinski definition) is 1. The Labute approximate surface area is 99.8 Å². The highest BCUT2D eigenvalue weighted by Gasteiger charge is 2.26. The highest BCUT2D eigenvalue weighted by molar-refractivity contribution is 5.85. The van der Waals surface area contributed by atoms with Gasteiger partial charge in [0.05, 0.1) is 5.69 Å². The minimum Gasteiger partial charge on any atom is -0.475 e. The second-order valence-corrected chi connectivity index (χ2v) is 4.24. The van der Waals surface area contributed by atoms with Crippen molar-refractivity contribution in [2.24, 2.45) is 0 Å². The van der Waals surface area contributed by atoms with E-state index in [9.17, 15) is 4.79 Å². The van der Waals surface area contributed by atoms with Crippen molar-refractivity contribution >= 4 is 5.97 Å². The Hall–Kier alpha value is -1.36. The number of hydrogen-bond acceptors (Lipinski definition) is 4. The van der Waals surface area contributed by atoms with Crippen molar-refractivity contribution in [1.82, 2.24) is 4.98 Å². The molecule has 0 aliphatic carbocycles. The van der Waals surface area contributed by atoms with Gasteiger partial charge in [-0.15, -0.1) is 0 Å². The molecular weight excluding hydrogens is 222 g/mol. The van der Waals surface area contributed by atoms with E-state index < -0.39 is 5.97 Å². The van der Waals surface area contributed by atoms with E-state index in [1.165, 1.54) is 0 Å². The minimum atomic E-state index is -1.05. The molecule has 17 heavy (non-hydrogen) atoms. The fourth-order valence-electron chi connectivity index (χ4n) is 2.02. The predicted octanol–water partition coefficient (Wildman–Crippen LogP) is 2.57. The summed E-state index contributed by atoms with van der Waals surface area (Å²) < 4.78 is 10.9. The van der Waals surface area contributed by atoms with Crippen molar-refractivity contribution in [3.8, 4) is 0 Å². The van der Waals surface area contributed by atoms with Gasteiger partial charge in [-0.3, -0.25) is 0 Å². The molecule has 1 fully saturated rings. The molecular formula is C12H17NO4. The molecule has 5 heteroatoms. The van der Waals surface area contributed by atoms with E-state index >= 15 is 0 Å². The summed E-state index contributed by atoms with van der Waals surface area (Å²) in [6, 6.07) is 0. The minimum absolute atomic E-state index is 0.0315. The summed E-state index contributed by atoms with van der Waals surface area (Å²) in [7, 11) is 0. The van der Waals surface area contributed by atoms with Crippen LogP contribution in [0, 0.1) is 0 Å². The molecule has 1 aliphatic rings. The number of carboxylic acid groups (broad SMARTS) is 1. The molecule has 5 nitrogen and oxygen atoms in total. The molecule has 2 rings (SSSR count). The number of rotatable bonds is 4. The standard InChI is InChI=1S/C12H17NO4/c1-2-5-8-10(12(14)15)17-11(13-8)9-6-3-4-7-16-9/h9H,2-7H2,1H3,(H,14,15). The fraction of sp³-hybridized carbons (Fsp3) is 0.667. The lowest BCUT2D eigenvalue weighted by Crippen LogP contribution is -2.11. The van der Waals surface area contributed by atoms with Gasteiger partial charge < -0.3 is 14.3 Å². The third-order valence-electron chi connectivity index (χ3n) is 2.85. The molecule has 1 N–H and O–H groups in total. The van der Waals surface area contributed by atoms with Crippen molar-refractivity contribution < 1.29 is 19.1 Å². The molecule has 1 aromatic rings. The van der Waals surface area contributed by atoms with Gasteiger partial charge in [-0.1, -0.05) is 13.3 Å². The molecule has 1 aromatic heterocycles. The summed E-state index contributed by atoms with van der Waals surface area (Å²) in [5, 5.41) is 9.03. The lowest BCUT2D eigenvalue weighted by Gasteiger charge is -2.19. The molecule has 1 aliphatic heterocycles. The van der Waals surface area contributed by atoms with E-state index in [4.69, 9.17) is 14.3 Å². The van der Waals surface area contributed by atoms with Crippen molar-refractivity contribution in [2.45, 2.75) is 45.1 Å². The monoisotopic (exact) mass is 239 g/mol. The highest BCUT2D eigenvalue weighted by atomic mass is 16.5. The summed E-state index contributed by atoms with van der Waals surface area (Å²) in [4.78, 5) is 15.3. The molecule has 0 radical (unpaired) electrons. The lowest BCUT2D eigenvalue weighted by molar-refractivity contribution is -0.00229. The number of carbonyl (C=O) groups is 1. The molecule has 1 saturated heterocycles. The van der Waals surface area contributed by atoms with E-state index in [1.54, 1.807) is 0 Å². The van der Waals surface area contributed by atoms with Crippen LogP contribution in [0.4, 0.5) is 0 Å². The molecule has 0 spiro atoms. The first-order chi connectivity index (χ1) is 8.22. The topological polar surface area (TPSA) is 72.6 Å². The zero-order chi connectivity index (χ0) is 12.3. The van der Waals surface area contributed by atoms with E-state index in [2.05, 4.69) is 4.98 Å². The van der Waals surface area contributed by atoms with E-state index in [0.717, 1.165) is 25.7 Å². The Balaban J connectivity index is 2.22. The quantitative estimate of drug-likeness (QED) is 0.874. The van der Waals surface area contributed by atoms with E-state index in [0.29, 0.717) is 24.6 Å². The second kappa shape index (κ2) is 5.31. The largest absolute Gasteiger partial charge is 0.475 e. The van der Waals surface area contributed by atoms with Gasteiger partial charge in [-0.25, -0.2) is 9.78 Å². The summed E-state index contributed by atoms with van der Waals surface area (Å²) >= 11 is 0. The number of carboxylic acids is 1. The summed E-state index contributed by atoms with van der Waals surface area (Å²) in [6.07, 6.45) is 4.26. The average Bonchev–Trinajstić information content (AvgIpc) is 2.75. The van der Waals surface area contributed by atoms with Gasteiger partial charge in [0.15, 0.2) is 0 Å². The number of nitrogens with zero attached hydrogens (tertiary/aromatic N) is 1. The lowest BCUT2D eigenvalue weighted by atomic mass is 10.1. The van der Waals surface area contributed by atoms with Gasteiger partial charge in [0, 0.05) is 6.61 Å². The first-order valence-corrected chi connectivity index (χ1v) is 6.07. The summed E-state index contributed by atoms with van der Waals surface area (Å²) in [5.41, 5.74) is 0.532. The Kier molecular flexibility index (Phi) is 3.78. The molecule has 1 unspecified atom stereocenters. The van der Waals surface area contributed by atoms with Gasteiger partial charge in [-0.05, 0) is 25.7 Å². The van der Waals surface area contributed by atoms with Crippen LogP contribution in [0.1, 0.15) is 60.9 Å². The van der Waals surface area contributed by atoms with Crippen LogP contribution in [0.2, 0.25) is 0 Å². The molecule has 0 saturated carbocycles. The predicted molar refractivity (Wildman–Crippen MR) is 60.0 cm³/mol. The number of aromatic carboxylic acids is 1. The van der Waals surface area contributed by atoms with E-state index in [-0.39, 0.29) is 11.9 Å². The van der Waals surface area contributed by atoms with Gasteiger partial charge >= 0.3 is 5.97 Å². The van der Waals surface area contributed by atoms with Gasteiger partial charge in [0.2, 0.25) is 11.7 Å². The van der Waals surface area contributed by atoms with Crippen LogP contribution in [0.5, 0.6) is 0 Å². The van der Waals surface area contributed by atoms with Crippen LogP contribution < -0.4 is 0 Å². The van der Waals surface area contributed by atoms with Gasteiger partial charge in [0.1, 0.15) is 6.10 Å². The smallest absolute Gasteiger partial charge is 0.373 e. The van der Waals surface area contributed by atoms with Crippen LogP contribution in [0.15, 0.2) is 4.42 Å². The number of ether oxygens (including phenoxy) is 1. The average molecular weight is 239 g/mol. The molecule has 0 amide bonds. The van der Waals surface area contributed by atoms with Crippen LogP contribution in [-0.4, -0.2) is 22.7 Å². The molecule has 94 valence electrons. The summed E-state index contributed by atoms with van der Waals surface area (Å²) in [5.74, 6) is -0.662. The van der Waals surface area contributed by atoms with Gasteiger partial charge in [-0.2, -0.15) is 0 Å². The normalized spacial score (nSPS) is 20.4. The Morgan fingerprint density at radius 1 is 1.53 bits per heavy atom. The number of oxazole rings is 1. The third kappa shape index (κ3) is 2.66. The van der Waals surface area contributed by atoms with Crippen molar-refractivity contribution in [2.75, 3.05) is 6.61 Å². The van der Waals surface area contributed by atoms with E-state index in [1.807, 2.05) is 6.92 Å². The number of aryl methyl sites for hydroxylation is 1. The Morgan fingerprint density at radius 2 is 2.35 bits per heavy atom. The van der Waals surface area contributed by atoms with Crippen LogP contribution in [-0.2, 0) is 11.2 Å². The zero-order valence-corrected chi connectivity index (χ0v) is 9.94. The summed E-state index contributed by atoms with van der Waals surface area (Å²) in [6.45, 7) is 2.68. The first-order valence-electron chi connectivity index (χ1n) is 6.07. The van der Waals surface area contributed by atoms with Crippen LogP contribution >= 0.6 is 0 Å². The van der Waals surface area contributed by atoms with Crippen molar-refractivity contribution in [3.63, 3.8) is 0 Å². The zero-order valence-electron chi connectivity index (χ0n) is 9.94. The third-order valence-corrected chi connectivity index (χ3v) is 2.85. The van der Waals surface area contributed by atoms with Crippen LogP contribution in [0.25, 0.3) is 0 Å². The Bertz CT molecular complexity index is 393. The highest BCUT2D eigenvalue weighted by Crippen LogP contribution is 2.29. The van der Waals surface area contributed by atoms with Crippen molar-refractivity contribution in [3.05, 3.63) is 17.3 Å². The van der Waals surface area contributed by atoms with Crippen molar-refractivity contribution in [1.29, 1.82) is 0 Å². The molecule has 0 aromatic carbocycles. The number of aromatic nitrogens is 1. The maximum Gasteiger partial charge on any atom is 0.373 e. The molecule has 0 bridgehead atoms. The van der Waals surface area contributed by atoms with Gasteiger partial charge in [0.25, 0.3) is 0 Å². The second-order valence-electron chi connectivity index (χ2n) is 4.24. The first kappa shape index (κ1) is 12.1.